The van der Waals surface area contributed by atoms with Crippen molar-refractivity contribution in [2.24, 2.45) is 5.73 Å². The van der Waals surface area contributed by atoms with Crippen LogP contribution >= 0.6 is 11.6 Å². The van der Waals surface area contributed by atoms with Crippen LogP contribution in [0.1, 0.15) is 27.2 Å². The topological polar surface area (TPSA) is 104 Å². The Bertz CT molecular complexity index is 1080. The van der Waals surface area contributed by atoms with Gasteiger partial charge in [-0.25, -0.2) is 4.39 Å². The smallest absolute Gasteiger partial charge is 0.251 e. The molecule has 0 saturated heterocycles. The highest BCUT2D eigenvalue weighted by atomic mass is 35.5. The molecule has 8 heteroatoms. The molecular weight excluding hydrogens is 405 g/mol. The molecule has 0 atom stereocenters. The van der Waals surface area contributed by atoms with Crippen LogP contribution in [0.15, 0.2) is 54.7 Å². The summed E-state index contributed by atoms with van der Waals surface area (Å²) in [5.74, 6) is -0.930. The minimum atomic E-state index is -0.459. The van der Waals surface area contributed by atoms with Crippen molar-refractivity contribution in [3.8, 4) is 11.1 Å². The summed E-state index contributed by atoms with van der Waals surface area (Å²) in [4.78, 5) is 17.0. The maximum atomic E-state index is 13.5. The molecule has 0 aliphatic rings. The fraction of sp³-hybridized carbons (Fsp3) is 0.136. The number of rotatable bonds is 6. The van der Waals surface area contributed by atoms with Crippen LogP contribution in [0.25, 0.3) is 11.1 Å². The van der Waals surface area contributed by atoms with Crippen molar-refractivity contribution in [1.29, 1.82) is 5.41 Å². The molecule has 5 N–H and O–H groups in total. The van der Waals surface area contributed by atoms with Gasteiger partial charge in [0, 0.05) is 35.6 Å². The second-order valence-electron chi connectivity index (χ2n) is 6.83. The van der Waals surface area contributed by atoms with Crippen LogP contribution < -0.4 is 16.4 Å². The van der Waals surface area contributed by atoms with Gasteiger partial charge in [0.05, 0.1) is 0 Å². The molecule has 1 heterocycles. The number of carbonyl (C=O) groups is 1. The Kier molecular flexibility index (Phi) is 6.64. The molecule has 0 saturated carbocycles. The van der Waals surface area contributed by atoms with E-state index in [1.54, 1.807) is 24.4 Å². The summed E-state index contributed by atoms with van der Waals surface area (Å²) < 4.78 is 13.5. The summed E-state index contributed by atoms with van der Waals surface area (Å²) in [5, 5.41) is 13.2. The van der Waals surface area contributed by atoms with Gasteiger partial charge in [-0.1, -0.05) is 11.6 Å². The van der Waals surface area contributed by atoms with E-state index >= 15 is 0 Å². The molecule has 0 unspecified atom stereocenters. The highest BCUT2D eigenvalue weighted by Gasteiger charge is 2.11. The van der Waals surface area contributed by atoms with Crippen molar-refractivity contribution in [2.45, 2.75) is 20.0 Å². The van der Waals surface area contributed by atoms with Crippen LogP contribution in [0.5, 0.6) is 0 Å². The number of benzene rings is 2. The first kappa shape index (κ1) is 21.3. The Morgan fingerprint density at radius 3 is 2.50 bits per heavy atom. The Morgan fingerprint density at radius 2 is 1.80 bits per heavy atom. The summed E-state index contributed by atoms with van der Waals surface area (Å²) in [6, 6.07) is 13.3. The molecule has 0 spiro atoms. The number of nitrogens with two attached hydrogens (primary N) is 1. The van der Waals surface area contributed by atoms with Crippen LogP contribution in [0.2, 0.25) is 5.02 Å². The minimum Gasteiger partial charge on any atom is -0.370 e. The number of amides is 1. The Hall–Kier alpha value is -3.45. The third-order valence-corrected chi connectivity index (χ3v) is 4.56. The molecule has 3 rings (SSSR count). The Labute approximate surface area is 178 Å². The van der Waals surface area contributed by atoms with Crippen molar-refractivity contribution >= 4 is 23.5 Å². The summed E-state index contributed by atoms with van der Waals surface area (Å²) in [5.41, 5.74) is 9.78. The zero-order chi connectivity index (χ0) is 21.7. The highest BCUT2D eigenvalue weighted by molar-refractivity contribution is 6.30. The monoisotopic (exact) mass is 425 g/mol. The molecule has 0 radical (unpaired) electrons. The SMILES string of the molecule is Cc1cc(-c2cc(CNC(=N)N)cc(C(=O)NCc3cc(F)cc(Cl)c3)c2)ccn1. The molecule has 154 valence electrons. The van der Waals surface area contributed by atoms with Crippen LogP contribution in [-0.2, 0) is 13.1 Å². The molecule has 3 aromatic rings. The number of hydrogen-bond donors (Lipinski definition) is 4. The lowest BCUT2D eigenvalue weighted by atomic mass is 9.99. The van der Waals surface area contributed by atoms with E-state index in [2.05, 4.69) is 15.6 Å². The van der Waals surface area contributed by atoms with E-state index in [-0.39, 0.29) is 23.4 Å². The number of aryl methyl sites for hydroxylation is 1. The minimum absolute atomic E-state index is 0.135. The number of carbonyl (C=O) groups excluding carboxylic acids is 1. The Morgan fingerprint density at radius 1 is 1.07 bits per heavy atom. The van der Waals surface area contributed by atoms with Gasteiger partial charge >= 0.3 is 0 Å². The van der Waals surface area contributed by atoms with Gasteiger partial charge in [-0.2, -0.15) is 0 Å². The van der Waals surface area contributed by atoms with Crippen LogP contribution in [0, 0.1) is 18.2 Å². The third-order valence-electron chi connectivity index (χ3n) is 4.34. The molecule has 0 aliphatic heterocycles. The zero-order valence-electron chi connectivity index (χ0n) is 16.3. The molecule has 1 aromatic heterocycles. The molecular formula is C22H21ClFN5O. The number of guanidine groups is 1. The first-order chi connectivity index (χ1) is 14.3. The zero-order valence-corrected chi connectivity index (χ0v) is 17.1. The lowest BCUT2D eigenvalue weighted by molar-refractivity contribution is 0.0950. The standard InChI is InChI=1S/C22H21ClFN5O/c1-13-4-16(2-3-27-13)17-5-14(12-29-22(25)26)6-18(9-17)21(30)28-11-15-7-19(23)10-20(24)8-15/h2-10H,11-12H2,1H3,(H,28,30)(H4,25,26,29). The van der Waals surface area contributed by atoms with Crippen molar-refractivity contribution in [3.63, 3.8) is 0 Å². The van der Waals surface area contributed by atoms with Gasteiger partial charge in [-0.3, -0.25) is 15.2 Å². The summed E-state index contributed by atoms with van der Waals surface area (Å²) in [7, 11) is 0. The van der Waals surface area contributed by atoms with Gasteiger partial charge in [0.1, 0.15) is 5.82 Å². The second kappa shape index (κ2) is 9.37. The fourth-order valence-electron chi connectivity index (χ4n) is 3.01. The van der Waals surface area contributed by atoms with E-state index in [4.69, 9.17) is 22.7 Å². The van der Waals surface area contributed by atoms with Crippen LogP contribution in [0.3, 0.4) is 0 Å². The van der Waals surface area contributed by atoms with E-state index in [1.165, 1.54) is 12.1 Å². The van der Waals surface area contributed by atoms with Gasteiger partial charge in [0.15, 0.2) is 5.96 Å². The molecule has 2 aromatic carbocycles. The van der Waals surface area contributed by atoms with Crippen molar-refractivity contribution in [2.75, 3.05) is 0 Å². The van der Waals surface area contributed by atoms with Crippen LogP contribution in [-0.4, -0.2) is 16.9 Å². The molecule has 0 bridgehead atoms. The van der Waals surface area contributed by atoms with E-state index in [9.17, 15) is 9.18 Å². The predicted octanol–water partition coefficient (Wildman–Crippen LogP) is 3.76. The maximum absolute atomic E-state index is 13.5. The molecule has 1 amide bonds. The van der Waals surface area contributed by atoms with Gasteiger partial charge in [0.25, 0.3) is 5.91 Å². The predicted molar refractivity (Wildman–Crippen MR) is 116 cm³/mol. The average molecular weight is 426 g/mol. The maximum Gasteiger partial charge on any atom is 0.251 e. The number of nitrogens with one attached hydrogen (secondary N) is 3. The van der Waals surface area contributed by atoms with Crippen molar-refractivity contribution in [3.05, 3.63) is 88.0 Å². The average Bonchev–Trinajstić information content (AvgIpc) is 2.69. The van der Waals surface area contributed by atoms with E-state index in [0.717, 1.165) is 22.4 Å². The normalized spacial score (nSPS) is 10.5. The summed E-state index contributed by atoms with van der Waals surface area (Å²) in [6.45, 7) is 2.32. The molecule has 6 nitrogen and oxygen atoms in total. The molecule has 0 aliphatic carbocycles. The van der Waals surface area contributed by atoms with E-state index in [1.807, 2.05) is 25.1 Å². The highest BCUT2D eigenvalue weighted by Crippen LogP contribution is 2.23. The number of aromatic nitrogens is 1. The first-order valence-electron chi connectivity index (χ1n) is 9.18. The summed E-state index contributed by atoms with van der Waals surface area (Å²) in [6.07, 6.45) is 1.71. The van der Waals surface area contributed by atoms with E-state index in [0.29, 0.717) is 17.7 Å². The summed E-state index contributed by atoms with van der Waals surface area (Å²) >= 11 is 5.87. The number of nitrogens with zero attached hydrogens (tertiary/aromatic N) is 1. The van der Waals surface area contributed by atoms with Crippen molar-refractivity contribution in [1.82, 2.24) is 15.6 Å². The third kappa shape index (κ3) is 5.78. The lowest BCUT2D eigenvalue weighted by Gasteiger charge is -2.12. The van der Waals surface area contributed by atoms with Gasteiger partial charge < -0.3 is 16.4 Å². The molecule has 30 heavy (non-hydrogen) atoms. The van der Waals surface area contributed by atoms with Gasteiger partial charge in [0.2, 0.25) is 0 Å². The first-order valence-corrected chi connectivity index (χ1v) is 9.56. The van der Waals surface area contributed by atoms with Gasteiger partial charge in [-0.05, 0) is 77.7 Å². The van der Waals surface area contributed by atoms with Crippen molar-refractivity contribution < 1.29 is 9.18 Å². The van der Waals surface area contributed by atoms with Crippen LogP contribution in [0.4, 0.5) is 4.39 Å². The number of halogens is 2. The number of hydrogen-bond acceptors (Lipinski definition) is 3. The van der Waals surface area contributed by atoms with Gasteiger partial charge in [-0.15, -0.1) is 0 Å². The number of pyridine rings is 1. The largest absolute Gasteiger partial charge is 0.370 e. The second-order valence-corrected chi connectivity index (χ2v) is 7.27. The van der Waals surface area contributed by atoms with E-state index < -0.39 is 5.82 Å². The fourth-order valence-corrected chi connectivity index (χ4v) is 3.26. The quantitative estimate of drug-likeness (QED) is 0.356. The Balaban J connectivity index is 1.87. The molecule has 0 fully saturated rings. The lowest BCUT2D eigenvalue weighted by Crippen LogP contribution is -2.29.